The van der Waals surface area contributed by atoms with E-state index in [4.69, 9.17) is 10.2 Å². The quantitative estimate of drug-likeness (QED) is 0.678. The highest BCUT2D eigenvalue weighted by molar-refractivity contribution is 5.77. The summed E-state index contributed by atoms with van der Waals surface area (Å²) in [5, 5.41) is 18.0. The van der Waals surface area contributed by atoms with Gasteiger partial charge in [0.15, 0.2) is 0 Å². The van der Waals surface area contributed by atoms with Crippen LogP contribution < -0.4 is 5.56 Å². The number of carboxylic acid groups (broad SMARTS) is 2. The van der Waals surface area contributed by atoms with Crippen molar-refractivity contribution in [3.8, 4) is 0 Å². The summed E-state index contributed by atoms with van der Waals surface area (Å²) >= 11 is 0. The Morgan fingerprint density at radius 3 is 2.38 bits per heavy atom. The molecular weight excluding hydrogens is 278 g/mol. The summed E-state index contributed by atoms with van der Waals surface area (Å²) in [5.41, 5.74) is 0.128. The second kappa shape index (κ2) is 6.14. The van der Waals surface area contributed by atoms with Crippen LogP contribution in [-0.2, 0) is 16.1 Å². The molecule has 8 nitrogen and oxygen atoms in total. The van der Waals surface area contributed by atoms with E-state index in [1.54, 1.807) is 24.3 Å². The average molecular weight is 291 g/mol. The lowest BCUT2D eigenvalue weighted by molar-refractivity contribution is -0.142. The molecule has 3 N–H and O–H groups in total. The molecule has 1 aromatic carbocycles. The van der Waals surface area contributed by atoms with Crippen molar-refractivity contribution >= 4 is 22.8 Å². The molecule has 0 aliphatic heterocycles. The minimum Gasteiger partial charge on any atom is -0.480 e. The number of benzene rings is 1. The number of aromatic nitrogens is 2. The number of carbonyl (C=O) groups is 2. The van der Waals surface area contributed by atoms with E-state index in [0.717, 1.165) is 4.90 Å². The Kier molecular flexibility index (Phi) is 4.29. The van der Waals surface area contributed by atoms with E-state index in [1.165, 1.54) is 0 Å². The Morgan fingerprint density at radius 1 is 1.14 bits per heavy atom. The van der Waals surface area contributed by atoms with Crippen LogP contribution in [0.4, 0.5) is 0 Å². The number of nitrogens with zero attached hydrogens (tertiary/aromatic N) is 2. The molecule has 0 atom stereocenters. The Morgan fingerprint density at radius 2 is 1.76 bits per heavy atom. The molecule has 0 fully saturated rings. The van der Waals surface area contributed by atoms with Gasteiger partial charge < -0.3 is 15.2 Å². The molecule has 0 spiro atoms. The van der Waals surface area contributed by atoms with Gasteiger partial charge >= 0.3 is 11.9 Å². The summed E-state index contributed by atoms with van der Waals surface area (Å²) in [5.74, 6) is -2.08. The first kappa shape index (κ1) is 14.7. The molecule has 2 rings (SSSR count). The SMILES string of the molecule is O=C(O)CN(CC(=O)O)Cc1nc2ccccc2c(=O)[nH]1. The Labute approximate surface area is 118 Å². The molecule has 21 heavy (non-hydrogen) atoms. The van der Waals surface area contributed by atoms with Crippen LogP contribution in [0.1, 0.15) is 5.82 Å². The normalized spacial score (nSPS) is 10.9. The molecule has 0 bridgehead atoms. The first-order chi connectivity index (χ1) is 9.95. The number of nitrogens with one attached hydrogen (secondary N) is 1. The molecule has 0 radical (unpaired) electrons. The van der Waals surface area contributed by atoms with Crippen LogP contribution in [0.3, 0.4) is 0 Å². The van der Waals surface area contributed by atoms with Crippen LogP contribution in [0, 0.1) is 0 Å². The third kappa shape index (κ3) is 3.86. The minimum atomic E-state index is -1.15. The van der Waals surface area contributed by atoms with Gasteiger partial charge in [-0.15, -0.1) is 0 Å². The highest BCUT2D eigenvalue weighted by atomic mass is 16.4. The number of fused-ring (bicyclic) bond motifs is 1. The maximum Gasteiger partial charge on any atom is 0.317 e. The van der Waals surface area contributed by atoms with Crippen molar-refractivity contribution in [1.29, 1.82) is 0 Å². The second-order valence-corrected chi connectivity index (χ2v) is 4.46. The molecule has 0 saturated carbocycles. The van der Waals surface area contributed by atoms with Gasteiger partial charge in [0.1, 0.15) is 5.82 Å². The molecule has 1 heterocycles. The van der Waals surface area contributed by atoms with E-state index >= 15 is 0 Å². The summed E-state index contributed by atoms with van der Waals surface area (Å²) < 4.78 is 0. The molecule has 110 valence electrons. The third-order valence-electron chi connectivity index (χ3n) is 2.75. The van der Waals surface area contributed by atoms with Crippen molar-refractivity contribution < 1.29 is 19.8 Å². The highest BCUT2D eigenvalue weighted by Gasteiger charge is 2.15. The molecule has 0 amide bonds. The number of hydrogen-bond acceptors (Lipinski definition) is 5. The summed E-state index contributed by atoms with van der Waals surface area (Å²) in [4.78, 5) is 41.3. The number of rotatable bonds is 6. The standard InChI is InChI=1S/C13H13N3O5/c17-11(18)6-16(7-12(19)20)5-10-14-9-4-2-1-3-8(9)13(21)15-10/h1-4H,5-7H2,(H,17,18)(H,19,20)(H,14,15,21). The van der Waals surface area contributed by atoms with E-state index in [0.29, 0.717) is 10.9 Å². The van der Waals surface area contributed by atoms with Crippen molar-refractivity contribution in [1.82, 2.24) is 14.9 Å². The second-order valence-electron chi connectivity index (χ2n) is 4.46. The van der Waals surface area contributed by atoms with Crippen LogP contribution in [-0.4, -0.2) is 50.1 Å². The predicted molar refractivity (Wildman–Crippen MR) is 72.9 cm³/mol. The summed E-state index contributed by atoms with van der Waals surface area (Å²) in [6.07, 6.45) is 0. The van der Waals surface area contributed by atoms with E-state index < -0.39 is 25.0 Å². The van der Waals surface area contributed by atoms with Crippen molar-refractivity contribution in [2.45, 2.75) is 6.54 Å². The first-order valence-corrected chi connectivity index (χ1v) is 6.09. The monoisotopic (exact) mass is 291 g/mol. The van der Waals surface area contributed by atoms with Gasteiger partial charge in [-0.2, -0.15) is 0 Å². The highest BCUT2D eigenvalue weighted by Crippen LogP contribution is 2.07. The van der Waals surface area contributed by atoms with Gasteiger partial charge in [-0.25, -0.2) is 4.98 Å². The lowest BCUT2D eigenvalue weighted by Crippen LogP contribution is -2.35. The van der Waals surface area contributed by atoms with E-state index in [2.05, 4.69) is 9.97 Å². The first-order valence-electron chi connectivity index (χ1n) is 6.09. The van der Waals surface area contributed by atoms with E-state index in [-0.39, 0.29) is 17.9 Å². The largest absolute Gasteiger partial charge is 0.480 e. The van der Waals surface area contributed by atoms with E-state index in [1.807, 2.05) is 0 Å². The lowest BCUT2D eigenvalue weighted by Gasteiger charge is -2.17. The van der Waals surface area contributed by atoms with Crippen molar-refractivity contribution in [2.75, 3.05) is 13.1 Å². The van der Waals surface area contributed by atoms with Gasteiger partial charge in [0, 0.05) is 0 Å². The van der Waals surface area contributed by atoms with Gasteiger partial charge in [-0.05, 0) is 12.1 Å². The number of aliphatic carboxylic acids is 2. The van der Waals surface area contributed by atoms with Gasteiger partial charge in [0.05, 0.1) is 30.5 Å². The molecule has 1 aromatic heterocycles. The van der Waals surface area contributed by atoms with Gasteiger partial charge in [-0.1, -0.05) is 12.1 Å². The fraction of sp³-hybridized carbons (Fsp3) is 0.231. The maximum absolute atomic E-state index is 11.9. The fourth-order valence-corrected chi connectivity index (χ4v) is 1.97. The fourth-order valence-electron chi connectivity index (χ4n) is 1.97. The van der Waals surface area contributed by atoms with Crippen LogP contribution in [0.25, 0.3) is 10.9 Å². The maximum atomic E-state index is 11.9. The van der Waals surface area contributed by atoms with Gasteiger partial charge in [-0.3, -0.25) is 19.3 Å². The Hall–Kier alpha value is -2.74. The van der Waals surface area contributed by atoms with Gasteiger partial charge in [0.2, 0.25) is 0 Å². The third-order valence-corrected chi connectivity index (χ3v) is 2.75. The van der Waals surface area contributed by atoms with Crippen LogP contribution >= 0.6 is 0 Å². The molecule has 0 unspecified atom stereocenters. The topological polar surface area (TPSA) is 124 Å². The molecule has 0 saturated heterocycles. The number of H-pyrrole nitrogens is 1. The molecule has 8 heteroatoms. The summed E-state index contributed by atoms with van der Waals surface area (Å²) in [6.45, 7) is -0.982. The Bertz CT molecular complexity index is 724. The Balaban J connectivity index is 2.29. The minimum absolute atomic E-state index is 0.0708. The van der Waals surface area contributed by atoms with Crippen LogP contribution in [0.15, 0.2) is 29.1 Å². The number of hydrogen-bond donors (Lipinski definition) is 3. The number of para-hydroxylation sites is 1. The zero-order chi connectivity index (χ0) is 15.4. The van der Waals surface area contributed by atoms with Crippen LogP contribution in [0.5, 0.6) is 0 Å². The number of carboxylic acids is 2. The zero-order valence-corrected chi connectivity index (χ0v) is 10.9. The molecular formula is C13H13N3O5. The average Bonchev–Trinajstić information content (AvgIpc) is 2.37. The molecule has 0 aliphatic rings. The van der Waals surface area contributed by atoms with Crippen molar-refractivity contribution in [3.63, 3.8) is 0 Å². The lowest BCUT2D eigenvalue weighted by atomic mass is 10.2. The molecule has 2 aromatic rings. The summed E-state index contributed by atoms with van der Waals surface area (Å²) in [7, 11) is 0. The zero-order valence-electron chi connectivity index (χ0n) is 10.9. The van der Waals surface area contributed by atoms with Crippen molar-refractivity contribution in [2.24, 2.45) is 0 Å². The van der Waals surface area contributed by atoms with E-state index in [9.17, 15) is 14.4 Å². The number of aromatic amines is 1. The van der Waals surface area contributed by atoms with Crippen molar-refractivity contribution in [3.05, 3.63) is 40.4 Å². The predicted octanol–water partition coefficient (Wildman–Crippen LogP) is -0.106. The summed E-state index contributed by atoms with van der Waals surface area (Å²) in [6, 6.07) is 6.72. The van der Waals surface area contributed by atoms with Crippen LogP contribution in [0.2, 0.25) is 0 Å². The van der Waals surface area contributed by atoms with Gasteiger partial charge in [0.25, 0.3) is 5.56 Å². The molecule has 0 aliphatic carbocycles. The smallest absolute Gasteiger partial charge is 0.317 e.